The third-order valence-electron chi connectivity index (χ3n) is 7.61. The maximum absolute atomic E-state index is 13.4. The summed E-state index contributed by atoms with van der Waals surface area (Å²) in [6.07, 6.45) is 0. The van der Waals surface area contributed by atoms with Crippen molar-refractivity contribution in [1.29, 1.82) is 0 Å². The van der Waals surface area contributed by atoms with Crippen molar-refractivity contribution < 1.29 is 14.7 Å². The number of ketones is 1. The van der Waals surface area contributed by atoms with Crippen molar-refractivity contribution in [3.8, 4) is 0 Å². The number of hydrogen-bond acceptors (Lipinski definition) is 8. The fourth-order valence-corrected chi connectivity index (χ4v) is 5.21. The zero-order valence-electron chi connectivity index (χ0n) is 23.5. The summed E-state index contributed by atoms with van der Waals surface area (Å²) in [5.41, 5.74) is 4.04. The van der Waals surface area contributed by atoms with E-state index in [2.05, 4.69) is 39.0 Å². The van der Waals surface area contributed by atoms with Crippen LogP contribution < -0.4 is 9.80 Å². The molecule has 2 saturated heterocycles. The van der Waals surface area contributed by atoms with Crippen LogP contribution in [0.25, 0.3) is 5.76 Å². The summed E-state index contributed by atoms with van der Waals surface area (Å²) >= 11 is 0. The van der Waals surface area contributed by atoms with E-state index in [1.165, 1.54) is 4.90 Å². The Kier molecular flexibility index (Phi) is 7.95. The van der Waals surface area contributed by atoms with Gasteiger partial charge < -0.3 is 14.9 Å². The molecule has 0 aliphatic carbocycles. The molecule has 9 heteroatoms. The number of carbonyl (C=O) groups excluding carboxylic acids is 2. The second-order valence-electron chi connectivity index (χ2n) is 10.8. The number of benzene rings is 2. The predicted molar refractivity (Wildman–Crippen MR) is 156 cm³/mol. The molecule has 1 unspecified atom stereocenters. The van der Waals surface area contributed by atoms with Gasteiger partial charge in [0.05, 0.1) is 17.3 Å². The van der Waals surface area contributed by atoms with E-state index < -0.39 is 17.7 Å². The number of hydrogen-bond donors (Lipinski definition) is 1. The average molecular weight is 541 g/mol. The number of rotatable bonds is 7. The van der Waals surface area contributed by atoms with Crippen LogP contribution >= 0.6 is 0 Å². The predicted octanol–water partition coefficient (Wildman–Crippen LogP) is 3.40. The number of nitrogens with zero attached hydrogens (tertiary/aromatic N) is 6. The van der Waals surface area contributed by atoms with Crippen molar-refractivity contribution in [3.05, 3.63) is 88.6 Å². The third-order valence-corrected chi connectivity index (χ3v) is 7.61. The number of aryl methyl sites for hydroxylation is 2. The molecule has 1 aromatic heterocycles. The summed E-state index contributed by atoms with van der Waals surface area (Å²) in [6.45, 7) is 9.71. The van der Waals surface area contributed by atoms with Crippen molar-refractivity contribution >= 4 is 29.0 Å². The number of aromatic nitrogens is 2. The van der Waals surface area contributed by atoms with Gasteiger partial charge in [-0.2, -0.15) is 5.10 Å². The maximum atomic E-state index is 13.4. The van der Waals surface area contributed by atoms with Gasteiger partial charge in [-0.3, -0.25) is 19.4 Å². The molecule has 3 heterocycles. The first kappa shape index (κ1) is 27.5. The highest BCUT2D eigenvalue weighted by molar-refractivity contribution is 6.51. The van der Waals surface area contributed by atoms with Gasteiger partial charge in [-0.05, 0) is 57.8 Å². The molecule has 2 fully saturated rings. The van der Waals surface area contributed by atoms with Crippen molar-refractivity contribution in [2.45, 2.75) is 19.9 Å². The summed E-state index contributed by atoms with van der Waals surface area (Å²) in [6, 6.07) is 17.7. The molecular formula is C31H36N6O3. The van der Waals surface area contributed by atoms with Crippen LogP contribution in [0, 0.1) is 13.8 Å². The van der Waals surface area contributed by atoms with Crippen LogP contribution in [-0.2, 0) is 9.59 Å². The summed E-state index contributed by atoms with van der Waals surface area (Å²) in [4.78, 5) is 35.1. The molecule has 0 radical (unpaired) electrons. The van der Waals surface area contributed by atoms with Gasteiger partial charge >= 0.3 is 5.91 Å². The van der Waals surface area contributed by atoms with E-state index in [0.717, 1.165) is 50.5 Å². The number of carbonyl (C=O) groups is 2. The number of likely N-dealkylation sites (N-methyl/N-ethyl adjacent to an activating group) is 1. The quantitative estimate of drug-likeness (QED) is 0.277. The van der Waals surface area contributed by atoms with Crippen LogP contribution in [0.15, 0.2) is 66.2 Å². The molecule has 2 aliphatic rings. The minimum Gasteiger partial charge on any atom is -0.507 e. The van der Waals surface area contributed by atoms with E-state index in [1.807, 2.05) is 43.3 Å². The van der Waals surface area contributed by atoms with Crippen LogP contribution in [0.2, 0.25) is 0 Å². The lowest BCUT2D eigenvalue weighted by Crippen LogP contribution is -2.48. The monoisotopic (exact) mass is 540 g/mol. The van der Waals surface area contributed by atoms with Gasteiger partial charge in [0.15, 0.2) is 5.82 Å². The van der Waals surface area contributed by atoms with E-state index >= 15 is 0 Å². The zero-order chi connectivity index (χ0) is 28.4. The highest BCUT2D eigenvalue weighted by Crippen LogP contribution is 2.41. The van der Waals surface area contributed by atoms with Gasteiger partial charge in [0.2, 0.25) is 0 Å². The lowest BCUT2D eigenvalue weighted by molar-refractivity contribution is -0.132. The topological polar surface area (TPSA) is 93.1 Å². The summed E-state index contributed by atoms with van der Waals surface area (Å²) in [5.74, 6) is -1.43. The molecule has 0 saturated carbocycles. The molecule has 5 rings (SSSR count). The van der Waals surface area contributed by atoms with E-state index in [0.29, 0.717) is 16.8 Å². The summed E-state index contributed by atoms with van der Waals surface area (Å²) in [5, 5.41) is 19.6. The van der Waals surface area contributed by atoms with Crippen molar-refractivity contribution in [3.63, 3.8) is 0 Å². The Bertz CT molecular complexity index is 1390. The van der Waals surface area contributed by atoms with Crippen LogP contribution in [0.4, 0.5) is 11.5 Å². The number of aliphatic hydroxyl groups excluding tert-OH is 1. The molecule has 9 nitrogen and oxygen atoms in total. The fraction of sp³-hybridized carbons (Fsp3) is 0.355. The van der Waals surface area contributed by atoms with Crippen LogP contribution in [-0.4, -0.2) is 90.2 Å². The second-order valence-corrected chi connectivity index (χ2v) is 10.8. The van der Waals surface area contributed by atoms with E-state index in [1.54, 1.807) is 31.2 Å². The molecule has 40 heavy (non-hydrogen) atoms. The lowest BCUT2D eigenvalue weighted by atomic mass is 9.94. The van der Waals surface area contributed by atoms with Gasteiger partial charge in [0.25, 0.3) is 5.78 Å². The molecule has 1 amide bonds. The summed E-state index contributed by atoms with van der Waals surface area (Å²) < 4.78 is 0. The van der Waals surface area contributed by atoms with Crippen LogP contribution in [0.1, 0.15) is 28.4 Å². The highest BCUT2D eigenvalue weighted by Gasteiger charge is 2.47. The first-order valence-corrected chi connectivity index (χ1v) is 13.6. The maximum Gasteiger partial charge on any atom is 0.301 e. The summed E-state index contributed by atoms with van der Waals surface area (Å²) in [7, 11) is 4.19. The van der Waals surface area contributed by atoms with Crippen LogP contribution in [0.5, 0.6) is 0 Å². The first-order valence-electron chi connectivity index (χ1n) is 13.6. The molecule has 1 N–H and O–H groups in total. The van der Waals surface area contributed by atoms with Crippen molar-refractivity contribution in [2.24, 2.45) is 0 Å². The van der Waals surface area contributed by atoms with Gasteiger partial charge in [-0.25, -0.2) is 0 Å². The molecule has 208 valence electrons. The Labute approximate surface area is 235 Å². The Morgan fingerprint density at radius 2 is 1.57 bits per heavy atom. The highest BCUT2D eigenvalue weighted by atomic mass is 16.3. The minimum atomic E-state index is -0.838. The fourth-order valence-electron chi connectivity index (χ4n) is 5.21. The van der Waals surface area contributed by atoms with Gasteiger partial charge in [-0.15, -0.1) is 5.10 Å². The molecule has 0 bridgehead atoms. The number of piperazine rings is 1. The van der Waals surface area contributed by atoms with Crippen molar-refractivity contribution in [2.75, 3.05) is 63.2 Å². The van der Waals surface area contributed by atoms with Gasteiger partial charge in [0.1, 0.15) is 5.76 Å². The second kappa shape index (κ2) is 11.6. The van der Waals surface area contributed by atoms with E-state index in [9.17, 15) is 14.7 Å². The van der Waals surface area contributed by atoms with Gasteiger partial charge in [0, 0.05) is 50.5 Å². The molecule has 3 aromatic rings. The molecule has 1 atom stereocenters. The Morgan fingerprint density at radius 3 is 2.17 bits per heavy atom. The van der Waals surface area contributed by atoms with E-state index in [4.69, 9.17) is 0 Å². The minimum absolute atomic E-state index is 0.0403. The number of aliphatic hydroxyl groups is 1. The lowest BCUT2D eigenvalue weighted by Gasteiger charge is -2.36. The number of anilines is 2. The molecular weight excluding hydrogens is 504 g/mol. The van der Waals surface area contributed by atoms with Crippen LogP contribution in [0.3, 0.4) is 0 Å². The zero-order valence-corrected chi connectivity index (χ0v) is 23.5. The standard InChI is InChI=1S/C31H36N6O3/c1-21-5-8-24(9-6-21)29(38)27-28(37(31(40)30(27)39)26-14-7-22(2)32-33-26)23-10-12-25(13-11-23)36-19-17-35(18-20-36)16-15-34(3)4/h5-14,28,38H,15-20H2,1-4H3. The third kappa shape index (κ3) is 5.61. The Balaban J connectivity index is 1.47. The number of amides is 1. The molecule has 0 spiro atoms. The average Bonchev–Trinajstić information content (AvgIpc) is 3.22. The largest absolute Gasteiger partial charge is 0.507 e. The SMILES string of the molecule is Cc1ccc(C(O)=C2C(=O)C(=O)N(c3ccc(C)nn3)C2c2ccc(N3CCN(CCN(C)C)CC3)cc2)cc1. The van der Waals surface area contributed by atoms with Crippen molar-refractivity contribution in [1.82, 2.24) is 20.0 Å². The first-order chi connectivity index (χ1) is 19.2. The molecule has 2 aromatic carbocycles. The Hall–Kier alpha value is -4.08. The number of Topliss-reactive ketones (excluding diaryl/α,β-unsaturated/α-hetero) is 1. The van der Waals surface area contributed by atoms with Gasteiger partial charge in [-0.1, -0.05) is 42.0 Å². The normalized spacial score (nSPS) is 19.6. The van der Waals surface area contributed by atoms with E-state index in [-0.39, 0.29) is 17.2 Å². The smallest absolute Gasteiger partial charge is 0.301 e. The molecule has 2 aliphatic heterocycles. The Morgan fingerprint density at radius 1 is 0.900 bits per heavy atom.